The Hall–Kier alpha value is -2.60. The van der Waals surface area contributed by atoms with Crippen LogP contribution in [0, 0.1) is 5.92 Å². The summed E-state index contributed by atoms with van der Waals surface area (Å²) in [4.78, 5) is 51.2. The highest BCUT2D eigenvalue weighted by molar-refractivity contribution is 6.66. The number of carbonyl (C=O) groups excluding carboxylic acids is 4. The van der Waals surface area contributed by atoms with Gasteiger partial charge < -0.3 is 9.47 Å². The lowest BCUT2D eigenvalue weighted by Gasteiger charge is -2.30. The molecule has 3 atom stereocenters. The van der Waals surface area contributed by atoms with Crippen molar-refractivity contribution in [3.8, 4) is 0 Å². The predicted molar refractivity (Wildman–Crippen MR) is 158 cm³/mol. The number of rotatable bonds is 8. The molecule has 41 heavy (non-hydrogen) atoms. The molecular weight excluding hydrogens is 665 g/mol. The molecular formula is C25H18Cl6N4O6. The predicted octanol–water partition coefficient (Wildman–Crippen LogP) is 5.73. The zero-order chi connectivity index (χ0) is 30.2. The van der Waals surface area contributed by atoms with Gasteiger partial charge in [0.05, 0.1) is 40.0 Å². The minimum absolute atomic E-state index is 0.000814. The summed E-state index contributed by atoms with van der Waals surface area (Å²) in [6.07, 6.45) is 0. The molecule has 16 heteroatoms. The molecule has 0 saturated heterocycles. The third-order valence-electron chi connectivity index (χ3n) is 5.93. The van der Waals surface area contributed by atoms with Gasteiger partial charge in [0.15, 0.2) is 16.3 Å². The fourth-order valence-corrected chi connectivity index (χ4v) is 5.81. The van der Waals surface area contributed by atoms with Crippen molar-refractivity contribution in [1.82, 2.24) is 0 Å². The Morgan fingerprint density at radius 2 is 1.39 bits per heavy atom. The van der Waals surface area contributed by atoms with Crippen molar-refractivity contribution in [2.75, 3.05) is 23.2 Å². The van der Waals surface area contributed by atoms with Gasteiger partial charge in [0.25, 0.3) is 11.8 Å². The second-order valence-electron chi connectivity index (χ2n) is 8.42. The van der Waals surface area contributed by atoms with Crippen molar-refractivity contribution in [3.63, 3.8) is 0 Å². The smallest absolute Gasteiger partial charge is 0.357 e. The molecule has 0 fully saturated rings. The van der Waals surface area contributed by atoms with Crippen molar-refractivity contribution in [2.45, 2.75) is 24.1 Å². The quantitative estimate of drug-likeness (QED) is 0.259. The van der Waals surface area contributed by atoms with Gasteiger partial charge in [0.1, 0.15) is 5.92 Å². The zero-order valence-corrected chi connectivity index (χ0v) is 25.6. The van der Waals surface area contributed by atoms with E-state index in [-0.39, 0.29) is 44.7 Å². The largest absolute Gasteiger partial charge is 0.461 e. The molecule has 4 rings (SSSR count). The number of alkyl halides is 2. The van der Waals surface area contributed by atoms with Gasteiger partial charge in [-0.1, -0.05) is 58.0 Å². The summed E-state index contributed by atoms with van der Waals surface area (Å²) in [6.45, 7) is 2.89. The Labute approximate surface area is 263 Å². The van der Waals surface area contributed by atoms with Crippen LogP contribution >= 0.6 is 69.6 Å². The highest BCUT2D eigenvalue weighted by Crippen LogP contribution is 2.44. The number of amides is 2. The zero-order valence-electron chi connectivity index (χ0n) is 21.0. The fourth-order valence-electron chi connectivity index (χ4n) is 4.09. The first-order valence-electron chi connectivity index (χ1n) is 11.8. The lowest BCUT2D eigenvalue weighted by Crippen LogP contribution is -2.56. The number of esters is 2. The van der Waals surface area contributed by atoms with Gasteiger partial charge in [-0.2, -0.15) is 20.2 Å². The number of ether oxygens (including phenoxy) is 2. The van der Waals surface area contributed by atoms with Crippen LogP contribution in [0.15, 0.2) is 46.6 Å². The van der Waals surface area contributed by atoms with E-state index in [1.807, 2.05) is 0 Å². The molecule has 0 spiro atoms. The third-order valence-corrected chi connectivity index (χ3v) is 8.27. The van der Waals surface area contributed by atoms with Gasteiger partial charge in [-0.25, -0.2) is 9.59 Å². The maximum absolute atomic E-state index is 13.9. The van der Waals surface area contributed by atoms with Crippen LogP contribution in [0.4, 0.5) is 11.4 Å². The van der Waals surface area contributed by atoms with E-state index in [1.54, 1.807) is 6.92 Å². The van der Waals surface area contributed by atoms with Crippen LogP contribution in [0.5, 0.6) is 0 Å². The molecule has 0 N–H and O–H groups in total. The van der Waals surface area contributed by atoms with E-state index in [1.165, 1.54) is 43.3 Å². The Balaban J connectivity index is 1.83. The van der Waals surface area contributed by atoms with Crippen molar-refractivity contribution in [3.05, 3.63) is 56.5 Å². The van der Waals surface area contributed by atoms with Gasteiger partial charge in [-0.3, -0.25) is 9.59 Å². The second-order valence-corrected chi connectivity index (χ2v) is 11.2. The molecule has 0 unspecified atom stereocenters. The van der Waals surface area contributed by atoms with E-state index in [4.69, 9.17) is 79.1 Å². The van der Waals surface area contributed by atoms with Crippen molar-refractivity contribution >= 4 is 116 Å². The van der Waals surface area contributed by atoms with E-state index in [0.29, 0.717) is 0 Å². The lowest BCUT2D eigenvalue weighted by molar-refractivity contribution is -0.136. The summed E-state index contributed by atoms with van der Waals surface area (Å²) in [6, 6.07) is 8.35. The van der Waals surface area contributed by atoms with Crippen LogP contribution < -0.4 is 10.0 Å². The summed E-state index contributed by atoms with van der Waals surface area (Å²) in [5.74, 6) is -5.75. The number of hydrogen-bond donors (Lipinski definition) is 0. The topological polar surface area (TPSA) is 118 Å². The van der Waals surface area contributed by atoms with Gasteiger partial charge in [0, 0.05) is 10.0 Å². The highest BCUT2D eigenvalue weighted by Gasteiger charge is 2.64. The standard InChI is InChI=1S/C25H18Cl6N4O6/c1-3-40-22(37)18-17(21(36)34(32-18)15-7-5-11(26)9-13(15)28)19(30)25(31)20(23(38)41-4-2)33-35(24(25)39)16-8-6-12(27)10-14(16)29/h5-10,17,19H,3-4H2,1-2H3/t17-,19-,25+/m0/s1. The minimum atomic E-state index is -2.54. The van der Waals surface area contributed by atoms with Crippen molar-refractivity contribution in [1.29, 1.82) is 0 Å². The average molecular weight is 683 g/mol. The van der Waals surface area contributed by atoms with Crippen LogP contribution in [0.1, 0.15) is 13.8 Å². The number of carbonyl (C=O) groups is 4. The van der Waals surface area contributed by atoms with Gasteiger partial charge >= 0.3 is 11.9 Å². The Kier molecular flexibility index (Phi) is 9.42. The van der Waals surface area contributed by atoms with E-state index in [9.17, 15) is 19.2 Å². The molecule has 0 aliphatic carbocycles. The minimum Gasteiger partial charge on any atom is -0.461 e. The van der Waals surface area contributed by atoms with Crippen LogP contribution in [0.2, 0.25) is 20.1 Å². The van der Waals surface area contributed by atoms with Crippen LogP contribution in [-0.4, -0.2) is 58.6 Å². The molecule has 0 radical (unpaired) electrons. The number of nitrogens with zero attached hydrogens (tertiary/aromatic N) is 4. The first-order chi connectivity index (χ1) is 19.4. The van der Waals surface area contributed by atoms with Crippen molar-refractivity contribution < 1.29 is 28.7 Å². The molecule has 2 aliphatic heterocycles. The summed E-state index contributed by atoms with van der Waals surface area (Å²) in [5.41, 5.74) is -1.05. The number of hydrogen-bond acceptors (Lipinski definition) is 8. The molecule has 216 valence electrons. The summed E-state index contributed by atoms with van der Waals surface area (Å²) in [5, 5.41) is 8.52. The Morgan fingerprint density at radius 3 is 1.90 bits per heavy atom. The molecule has 0 aromatic heterocycles. The van der Waals surface area contributed by atoms with Crippen LogP contribution in [0.3, 0.4) is 0 Å². The first kappa shape index (κ1) is 31.3. The van der Waals surface area contributed by atoms with E-state index >= 15 is 0 Å². The maximum Gasteiger partial charge on any atom is 0.357 e. The number of anilines is 2. The van der Waals surface area contributed by atoms with Crippen LogP contribution in [0.25, 0.3) is 0 Å². The first-order valence-corrected chi connectivity index (χ1v) is 14.1. The van der Waals surface area contributed by atoms with E-state index in [2.05, 4.69) is 10.2 Å². The Bertz CT molecular complexity index is 1520. The number of hydrazone groups is 2. The summed E-state index contributed by atoms with van der Waals surface area (Å²) in [7, 11) is 0. The maximum atomic E-state index is 13.9. The molecule has 2 amide bonds. The SMILES string of the molecule is CCOC(=O)C1=NN(c2ccc(Cl)cc2Cl)C(=O)[C@@H]1[C@H](Cl)[C@]1(Cl)C(=O)N(c2ccc(Cl)cc2Cl)N=C1C(=O)OCC. The normalized spacial score (nSPS) is 21.1. The number of benzene rings is 2. The average Bonchev–Trinajstić information content (AvgIpc) is 3.38. The summed E-state index contributed by atoms with van der Waals surface area (Å²) < 4.78 is 10.2. The molecule has 0 saturated carbocycles. The van der Waals surface area contributed by atoms with Gasteiger partial charge in [0.2, 0.25) is 0 Å². The number of halogens is 6. The van der Waals surface area contributed by atoms with E-state index < -0.39 is 51.3 Å². The van der Waals surface area contributed by atoms with Gasteiger partial charge in [-0.05, 0) is 50.2 Å². The molecule has 0 bridgehead atoms. The van der Waals surface area contributed by atoms with E-state index in [0.717, 1.165) is 10.0 Å². The third kappa shape index (κ3) is 5.61. The monoisotopic (exact) mass is 680 g/mol. The second kappa shape index (κ2) is 12.3. The molecule has 2 heterocycles. The Morgan fingerprint density at radius 1 is 0.878 bits per heavy atom. The highest BCUT2D eigenvalue weighted by atomic mass is 35.5. The molecule has 10 nitrogen and oxygen atoms in total. The summed E-state index contributed by atoms with van der Waals surface area (Å²) >= 11 is 38.3. The van der Waals surface area contributed by atoms with Crippen molar-refractivity contribution in [2.24, 2.45) is 16.1 Å². The molecule has 2 aromatic rings. The molecule has 2 aromatic carbocycles. The fraction of sp³-hybridized carbons (Fsp3) is 0.280. The van der Waals surface area contributed by atoms with Gasteiger partial charge in [-0.15, -0.1) is 11.6 Å². The lowest BCUT2D eigenvalue weighted by atomic mass is 9.85. The molecule has 2 aliphatic rings. The van der Waals surface area contributed by atoms with Crippen LogP contribution in [-0.2, 0) is 28.7 Å².